The second-order valence-corrected chi connectivity index (χ2v) is 21.6. The first-order chi connectivity index (χ1) is 16.7. The van der Waals surface area contributed by atoms with Crippen LogP contribution in [0.25, 0.3) is 0 Å². The van der Waals surface area contributed by atoms with Crippen LogP contribution in [-0.2, 0) is 0 Å². The summed E-state index contributed by atoms with van der Waals surface area (Å²) in [5.41, 5.74) is 0. The van der Waals surface area contributed by atoms with Gasteiger partial charge in [0.25, 0.3) is 0 Å². The molecule has 0 radical (unpaired) electrons. The van der Waals surface area contributed by atoms with Gasteiger partial charge in [-0.2, -0.15) is 0 Å². The maximum Gasteiger partial charge on any atom is -0.438 e. The molecule has 0 aromatic heterocycles. The first kappa shape index (κ1) is 47.8. The third-order valence-electron chi connectivity index (χ3n) is 4.24. The van der Waals surface area contributed by atoms with Gasteiger partial charge in [-0.1, -0.05) is 0 Å². The molecule has 0 N–H and O–H groups in total. The first-order valence-electron chi connectivity index (χ1n) is 13.5. The van der Waals surface area contributed by atoms with Crippen LogP contribution in [0.2, 0.25) is 26.6 Å². The Kier molecular flexibility index (Phi) is 72.8. The predicted molar refractivity (Wildman–Crippen MR) is 149 cm³/mol. The van der Waals surface area contributed by atoms with Crippen molar-refractivity contribution in [3.8, 4) is 0 Å². The standard InChI is InChI=1S/6C4H9.2O3P.3Sn/c6*1-3-4-2;2*1-4(2)3;;;/h6*1,3-4H2,2H3;;;;;/q;;;;;;2*-3;3*+2. The molecule has 35 heavy (non-hydrogen) atoms. The Labute approximate surface area is 252 Å². The van der Waals surface area contributed by atoms with Gasteiger partial charge in [0.15, 0.2) is 0 Å². The van der Waals surface area contributed by atoms with Gasteiger partial charge in [-0.05, 0) is 0 Å². The molecular formula is C24H54O6P2Sn3. The van der Waals surface area contributed by atoms with Crippen LogP contribution in [0.5, 0.6) is 0 Å². The van der Waals surface area contributed by atoms with E-state index in [1.807, 2.05) is 0 Å². The molecule has 0 aliphatic carbocycles. The molecule has 0 aliphatic rings. The van der Waals surface area contributed by atoms with Gasteiger partial charge in [-0.25, -0.2) is 0 Å². The third kappa shape index (κ3) is 103. The summed E-state index contributed by atoms with van der Waals surface area (Å²) >= 11 is 0.448. The fraction of sp³-hybridized carbons (Fsp3) is 1.00. The maximum absolute atomic E-state index is 8.48. The number of unbranched alkanes of at least 4 members (excludes halogenated alkanes) is 6. The Bertz CT molecular complexity index is 237. The van der Waals surface area contributed by atoms with Crippen LogP contribution in [0.15, 0.2) is 0 Å². The molecule has 0 aromatic carbocycles. The van der Waals surface area contributed by atoms with Crippen LogP contribution in [0.3, 0.4) is 0 Å². The summed E-state index contributed by atoms with van der Waals surface area (Å²) in [5, 5.41) is 0. The van der Waals surface area contributed by atoms with E-state index in [1.165, 1.54) is 77.0 Å². The molecule has 0 amide bonds. The minimum absolute atomic E-state index is 0.149. The fourth-order valence-electron chi connectivity index (χ4n) is 2.19. The van der Waals surface area contributed by atoms with Gasteiger partial charge in [0.2, 0.25) is 0 Å². The van der Waals surface area contributed by atoms with E-state index >= 15 is 0 Å². The Morgan fingerprint density at radius 2 is 0.457 bits per heavy atom. The molecule has 6 nitrogen and oxygen atoms in total. The molecule has 0 fully saturated rings. The van der Waals surface area contributed by atoms with E-state index in [2.05, 4.69) is 41.5 Å². The zero-order valence-electron chi connectivity index (χ0n) is 23.6. The van der Waals surface area contributed by atoms with Gasteiger partial charge in [-0.15, -0.1) is 0 Å². The normalized spacial score (nSPS) is 9.09. The van der Waals surface area contributed by atoms with E-state index in [0.29, 0.717) is 0 Å². The average molecular weight is 857 g/mol. The molecule has 0 saturated heterocycles. The van der Waals surface area contributed by atoms with Crippen LogP contribution in [-0.4, -0.2) is 63.4 Å². The van der Waals surface area contributed by atoms with Gasteiger partial charge in [0, 0.05) is 0 Å². The largest absolute Gasteiger partial charge is 0.854 e. The summed E-state index contributed by atoms with van der Waals surface area (Å²) in [6, 6.07) is 0. The summed E-state index contributed by atoms with van der Waals surface area (Å²) in [6.45, 7) is 13.7. The van der Waals surface area contributed by atoms with Crippen LogP contribution in [0, 0.1) is 0 Å². The number of hydrogen-bond acceptors (Lipinski definition) is 6. The molecule has 0 heterocycles. The van der Waals surface area contributed by atoms with Gasteiger partial charge in [0.05, 0.1) is 0 Å². The van der Waals surface area contributed by atoms with Crippen LogP contribution in [0.4, 0.5) is 0 Å². The van der Waals surface area contributed by atoms with E-state index in [-0.39, 0.29) is 63.4 Å². The number of rotatable bonds is 18. The third-order valence-corrected chi connectivity index (χ3v) is 16.4. The van der Waals surface area contributed by atoms with E-state index in [9.17, 15) is 0 Å². The topological polar surface area (TPSA) is 138 Å². The Morgan fingerprint density at radius 3 is 0.543 bits per heavy atom. The molecule has 0 rings (SSSR count). The van der Waals surface area contributed by atoms with E-state index < -0.39 is 17.2 Å². The van der Waals surface area contributed by atoms with Crippen molar-refractivity contribution in [2.75, 3.05) is 0 Å². The molecule has 0 aliphatic heterocycles. The van der Waals surface area contributed by atoms with Crippen molar-refractivity contribution in [3.63, 3.8) is 0 Å². The van der Waals surface area contributed by atoms with E-state index in [4.69, 9.17) is 29.4 Å². The summed E-state index contributed by atoms with van der Waals surface area (Å²) in [6.07, 6.45) is 17.5. The van der Waals surface area contributed by atoms with E-state index in [1.54, 1.807) is 26.6 Å². The molecule has 0 unspecified atom stereocenters. The molecule has 0 saturated carbocycles. The Morgan fingerprint density at radius 1 is 0.343 bits per heavy atom. The molecular weight excluding hydrogens is 802 g/mol. The van der Waals surface area contributed by atoms with E-state index in [0.717, 1.165) is 0 Å². The second-order valence-electron chi connectivity index (χ2n) is 7.82. The predicted octanol–water partition coefficient (Wildman–Crippen LogP) is 3.97. The van der Waals surface area contributed by atoms with Crippen molar-refractivity contribution in [3.05, 3.63) is 0 Å². The van der Waals surface area contributed by atoms with Crippen molar-refractivity contribution in [2.45, 2.75) is 145 Å². The zero-order chi connectivity index (χ0) is 28.0. The average Bonchev–Trinajstić information content (AvgIpc) is 2.79. The van der Waals surface area contributed by atoms with Crippen molar-refractivity contribution in [1.82, 2.24) is 0 Å². The second kappa shape index (κ2) is 53.3. The van der Waals surface area contributed by atoms with Crippen LogP contribution in [0.1, 0.15) is 119 Å². The monoisotopic (exact) mass is 860 g/mol. The van der Waals surface area contributed by atoms with Gasteiger partial charge < -0.3 is 46.6 Å². The zero-order valence-corrected chi connectivity index (χ0v) is 33.9. The summed E-state index contributed by atoms with van der Waals surface area (Å²) < 4.78 is 9.75. The smallest absolute Gasteiger partial charge is 0.438 e. The minimum Gasteiger partial charge on any atom is -0.854 e. The van der Waals surface area contributed by atoms with Gasteiger partial charge >= 0.3 is 209 Å². The molecule has 0 bridgehead atoms. The molecule has 0 aromatic rings. The molecule has 208 valence electrons. The fourth-order valence-corrected chi connectivity index (χ4v) is 14.7. The van der Waals surface area contributed by atoms with Crippen molar-refractivity contribution < 1.29 is 29.4 Å². The van der Waals surface area contributed by atoms with Gasteiger partial charge in [0.1, 0.15) is 0 Å². The summed E-state index contributed by atoms with van der Waals surface area (Å²) in [7, 11) is -6.74. The SMILES string of the molecule is CCC[CH2][Sn+2][CH2]CCC.CCC[CH2][Sn+2][CH2]CCC.CCC[CH2][Sn+2][CH2]CCC.[O-]P([O-])[O-].[O-]P([O-])[O-]. The quantitative estimate of drug-likeness (QED) is 0.116. The molecule has 11 heteroatoms. The van der Waals surface area contributed by atoms with Crippen LogP contribution < -0.4 is 29.4 Å². The molecule has 0 spiro atoms. The molecule has 0 atom stereocenters. The van der Waals surface area contributed by atoms with Gasteiger partial charge in [-0.3, -0.25) is 0 Å². The Hall–Kier alpha value is 3.02. The Balaban J connectivity index is -0.000000112. The van der Waals surface area contributed by atoms with Crippen molar-refractivity contribution in [1.29, 1.82) is 0 Å². The van der Waals surface area contributed by atoms with Crippen molar-refractivity contribution >= 4 is 80.6 Å². The minimum atomic E-state index is -3.37. The maximum atomic E-state index is 8.48. The van der Waals surface area contributed by atoms with Crippen molar-refractivity contribution in [2.24, 2.45) is 0 Å². The summed E-state index contributed by atoms with van der Waals surface area (Å²) in [4.78, 5) is 50.9. The number of hydrogen-bond donors (Lipinski definition) is 0. The first-order valence-corrected chi connectivity index (χ1v) is 27.8. The van der Waals surface area contributed by atoms with Crippen LogP contribution >= 0.6 is 17.2 Å². The summed E-state index contributed by atoms with van der Waals surface area (Å²) in [5.74, 6) is 0.